The molecule has 0 amide bonds. The predicted octanol–water partition coefficient (Wildman–Crippen LogP) is 3.34. The van der Waals surface area contributed by atoms with E-state index < -0.39 is 4.92 Å². The molecule has 2 aromatic heterocycles. The fourth-order valence-corrected chi connectivity index (χ4v) is 2.39. The van der Waals surface area contributed by atoms with Crippen LogP contribution < -0.4 is 0 Å². The van der Waals surface area contributed by atoms with Crippen molar-refractivity contribution in [3.63, 3.8) is 0 Å². The Kier molecular flexibility index (Phi) is 3.41. The van der Waals surface area contributed by atoms with Gasteiger partial charge in [-0.3, -0.25) is 20.2 Å². The smallest absolute Gasteiger partial charge is 0.270 e. The minimum atomic E-state index is -0.427. The number of nitro benzene ring substituents is 1. The molecule has 2 heterocycles. The summed E-state index contributed by atoms with van der Waals surface area (Å²) in [5, 5.41) is 18.5. The number of non-ortho nitro benzene ring substituents is 1. The third kappa shape index (κ3) is 2.50. The monoisotopic (exact) mass is 298 g/mol. The highest BCUT2D eigenvalue weighted by molar-refractivity contribution is 7.80. The molecule has 7 heteroatoms. The Bertz CT molecular complexity index is 802. The number of hydrogen-bond acceptors (Lipinski definition) is 5. The van der Waals surface area contributed by atoms with Gasteiger partial charge in [0.05, 0.1) is 9.95 Å². The summed E-state index contributed by atoms with van der Waals surface area (Å²) in [5.41, 5.74) is 2.99. The van der Waals surface area contributed by atoms with Gasteiger partial charge in [0.1, 0.15) is 5.69 Å². The van der Waals surface area contributed by atoms with Crippen LogP contribution in [0.2, 0.25) is 0 Å². The summed E-state index contributed by atoms with van der Waals surface area (Å²) >= 11 is 4.37. The molecule has 0 radical (unpaired) electrons. The summed E-state index contributed by atoms with van der Waals surface area (Å²) in [6.45, 7) is 0. The van der Waals surface area contributed by atoms with E-state index in [4.69, 9.17) is 0 Å². The zero-order valence-electron chi connectivity index (χ0n) is 10.7. The molecule has 0 aliphatic rings. The first-order valence-corrected chi connectivity index (χ1v) is 6.54. The van der Waals surface area contributed by atoms with E-state index in [0.717, 1.165) is 11.1 Å². The van der Waals surface area contributed by atoms with Gasteiger partial charge in [-0.15, -0.1) is 12.6 Å². The maximum Gasteiger partial charge on any atom is 0.270 e. The summed E-state index contributed by atoms with van der Waals surface area (Å²) in [5.74, 6) is 0. The third-order valence-electron chi connectivity index (χ3n) is 3.05. The van der Waals surface area contributed by atoms with Gasteiger partial charge in [-0.2, -0.15) is 5.10 Å². The van der Waals surface area contributed by atoms with Gasteiger partial charge < -0.3 is 0 Å². The first kappa shape index (κ1) is 13.3. The fraction of sp³-hybridized carbons (Fsp3) is 0. The lowest BCUT2D eigenvalue weighted by Gasteiger charge is -2.03. The summed E-state index contributed by atoms with van der Waals surface area (Å²) in [6.07, 6.45) is 3.35. The molecule has 0 bridgehead atoms. The van der Waals surface area contributed by atoms with Crippen LogP contribution in [0.25, 0.3) is 22.4 Å². The topological polar surface area (TPSA) is 84.7 Å². The first-order chi connectivity index (χ1) is 10.2. The van der Waals surface area contributed by atoms with Crippen molar-refractivity contribution in [3.05, 3.63) is 58.9 Å². The van der Waals surface area contributed by atoms with E-state index in [1.807, 2.05) is 12.1 Å². The average Bonchev–Trinajstić information content (AvgIpc) is 2.90. The van der Waals surface area contributed by atoms with E-state index in [1.165, 1.54) is 12.1 Å². The number of rotatable bonds is 3. The van der Waals surface area contributed by atoms with Crippen molar-refractivity contribution in [1.82, 2.24) is 15.2 Å². The lowest BCUT2D eigenvalue weighted by Crippen LogP contribution is -1.89. The largest absolute Gasteiger partial charge is 0.271 e. The second-order valence-corrected chi connectivity index (χ2v) is 4.79. The number of aromatic amines is 1. The Labute approximate surface area is 125 Å². The number of nitro groups is 1. The molecular weight excluding hydrogens is 288 g/mol. The van der Waals surface area contributed by atoms with Crippen LogP contribution in [-0.4, -0.2) is 20.1 Å². The van der Waals surface area contributed by atoms with Crippen molar-refractivity contribution < 1.29 is 4.92 Å². The molecule has 0 atom stereocenters. The minimum Gasteiger partial charge on any atom is -0.271 e. The summed E-state index contributed by atoms with van der Waals surface area (Å²) in [4.78, 5) is 14.5. The molecule has 3 aromatic rings. The van der Waals surface area contributed by atoms with Crippen LogP contribution in [0.15, 0.2) is 53.8 Å². The lowest BCUT2D eigenvalue weighted by atomic mass is 10.0. The molecule has 21 heavy (non-hydrogen) atoms. The zero-order chi connectivity index (χ0) is 14.8. The van der Waals surface area contributed by atoms with E-state index in [0.29, 0.717) is 16.3 Å². The highest BCUT2D eigenvalue weighted by atomic mass is 32.1. The molecule has 0 saturated carbocycles. The van der Waals surface area contributed by atoms with Gasteiger partial charge in [0, 0.05) is 35.7 Å². The van der Waals surface area contributed by atoms with Crippen LogP contribution in [0.1, 0.15) is 0 Å². The first-order valence-electron chi connectivity index (χ1n) is 6.09. The van der Waals surface area contributed by atoms with Gasteiger partial charge in [-0.05, 0) is 17.7 Å². The van der Waals surface area contributed by atoms with Crippen molar-refractivity contribution in [2.24, 2.45) is 0 Å². The molecular formula is C14H10N4O2S. The van der Waals surface area contributed by atoms with Crippen LogP contribution >= 0.6 is 12.6 Å². The molecule has 6 nitrogen and oxygen atoms in total. The number of hydrogen-bond donors (Lipinski definition) is 2. The van der Waals surface area contributed by atoms with Crippen molar-refractivity contribution >= 4 is 18.3 Å². The summed E-state index contributed by atoms with van der Waals surface area (Å²) in [7, 11) is 0. The number of nitrogens with zero attached hydrogens (tertiary/aromatic N) is 3. The van der Waals surface area contributed by atoms with Gasteiger partial charge in [-0.1, -0.05) is 12.1 Å². The van der Waals surface area contributed by atoms with Gasteiger partial charge in [-0.25, -0.2) is 0 Å². The van der Waals surface area contributed by atoms with Gasteiger partial charge >= 0.3 is 0 Å². The standard InChI is InChI=1S/C14H10N4O2S/c19-18(20)11-3-1-2-10(8-11)13-12(14(21)17-16-13)9-4-6-15-7-5-9/h1-8H,(H2,16,17,21). The zero-order valence-corrected chi connectivity index (χ0v) is 11.6. The van der Waals surface area contributed by atoms with Crippen LogP contribution in [0.3, 0.4) is 0 Å². The fourth-order valence-electron chi connectivity index (χ4n) is 2.10. The third-order valence-corrected chi connectivity index (χ3v) is 3.37. The SMILES string of the molecule is O=[N+]([O-])c1cccc(-c2n[nH]c(S)c2-c2ccncc2)c1. The van der Waals surface area contributed by atoms with E-state index in [2.05, 4.69) is 27.8 Å². The predicted molar refractivity (Wildman–Crippen MR) is 81.2 cm³/mol. The highest BCUT2D eigenvalue weighted by Gasteiger charge is 2.16. The second kappa shape index (κ2) is 5.37. The Balaban J connectivity index is 2.17. The summed E-state index contributed by atoms with van der Waals surface area (Å²) in [6, 6.07) is 10.0. The second-order valence-electron chi connectivity index (χ2n) is 4.34. The molecule has 0 saturated heterocycles. The number of thiol groups is 1. The Hall–Kier alpha value is -2.67. The molecule has 0 spiro atoms. The normalized spacial score (nSPS) is 10.5. The minimum absolute atomic E-state index is 0.0249. The van der Waals surface area contributed by atoms with Crippen LogP contribution in [0, 0.1) is 10.1 Å². The highest BCUT2D eigenvalue weighted by Crippen LogP contribution is 2.35. The van der Waals surface area contributed by atoms with Gasteiger partial charge in [0.2, 0.25) is 0 Å². The van der Waals surface area contributed by atoms with Crippen molar-refractivity contribution in [1.29, 1.82) is 0 Å². The Morgan fingerprint density at radius 3 is 2.62 bits per heavy atom. The maximum absolute atomic E-state index is 10.9. The number of aromatic nitrogens is 3. The quantitative estimate of drug-likeness (QED) is 0.441. The van der Waals surface area contributed by atoms with E-state index in [-0.39, 0.29) is 5.69 Å². The van der Waals surface area contributed by atoms with E-state index in [9.17, 15) is 10.1 Å². The van der Waals surface area contributed by atoms with Crippen molar-refractivity contribution in [2.45, 2.75) is 5.03 Å². The number of H-pyrrole nitrogens is 1. The molecule has 0 unspecified atom stereocenters. The molecule has 3 rings (SSSR count). The van der Waals surface area contributed by atoms with Crippen LogP contribution in [-0.2, 0) is 0 Å². The van der Waals surface area contributed by atoms with E-state index >= 15 is 0 Å². The lowest BCUT2D eigenvalue weighted by molar-refractivity contribution is -0.384. The van der Waals surface area contributed by atoms with Gasteiger partial charge in [0.15, 0.2) is 0 Å². The molecule has 104 valence electrons. The van der Waals surface area contributed by atoms with Crippen molar-refractivity contribution in [3.8, 4) is 22.4 Å². The average molecular weight is 298 g/mol. The molecule has 1 aromatic carbocycles. The summed E-state index contributed by atoms with van der Waals surface area (Å²) < 4.78 is 0. The number of nitrogens with one attached hydrogen (secondary N) is 1. The van der Waals surface area contributed by atoms with Crippen molar-refractivity contribution in [2.75, 3.05) is 0 Å². The Morgan fingerprint density at radius 2 is 1.90 bits per heavy atom. The van der Waals surface area contributed by atoms with Crippen LogP contribution in [0.5, 0.6) is 0 Å². The van der Waals surface area contributed by atoms with Gasteiger partial charge in [0.25, 0.3) is 5.69 Å². The number of pyridine rings is 1. The maximum atomic E-state index is 10.9. The number of benzene rings is 1. The molecule has 0 fully saturated rings. The molecule has 0 aliphatic heterocycles. The van der Waals surface area contributed by atoms with Crippen LogP contribution in [0.4, 0.5) is 5.69 Å². The Morgan fingerprint density at radius 1 is 1.14 bits per heavy atom. The van der Waals surface area contributed by atoms with E-state index in [1.54, 1.807) is 24.5 Å². The molecule has 1 N–H and O–H groups in total. The molecule has 0 aliphatic carbocycles.